The van der Waals surface area contributed by atoms with Crippen LogP contribution in [0.4, 0.5) is 0 Å². The minimum absolute atomic E-state index is 0.0854. The van der Waals surface area contributed by atoms with Gasteiger partial charge in [-0.15, -0.1) is 0 Å². The number of hydrogen-bond donors (Lipinski definition) is 0. The normalized spacial score (nSPS) is 18.7. The predicted octanol–water partition coefficient (Wildman–Crippen LogP) is 4.19. The van der Waals surface area contributed by atoms with Gasteiger partial charge in [0.2, 0.25) is 5.88 Å². The second-order valence-corrected chi connectivity index (χ2v) is 7.10. The molecule has 1 aromatic carbocycles. The zero-order valence-electron chi connectivity index (χ0n) is 11.3. The molecule has 3 rings (SSSR count). The van der Waals surface area contributed by atoms with E-state index in [9.17, 15) is 4.21 Å². The maximum absolute atomic E-state index is 11.5. The van der Waals surface area contributed by atoms with Crippen molar-refractivity contribution in [3.05, 3.63) is 51.6 Å². The Balaban J connectivity index is 1.87. The summed E-state index contributed by atoms with van der Waals surface area (Å²) in [4.78, 5) is 5.01. The Bertz CT molecular complexity index is 721. The molecule has 1 aliphatic heterocycles. The van der Waals surface area contributed by atoms with Crippen LogP contribution in [0.2, 0.25) is 10.0 Å². The van der Waals surface area contributed by atoms with Crippen LogP contribution in [0.5, 0.6) is 5.88 Å². The van der Waals surface area contributed by atoms with E-state index in [4.69, 9.17) is 27.9 Å². The van der Waals surface area contributed by atoms with Gasteiger partial charge in [-0.2, -0.15) is 0 Å². The van der Waals surface area contributed by atoms with Crippen molar-refractivity contribution < 1.29 is 8.95 Å². The molecule has 0 aliphatic carbocycles. The lowest BCUT2D eigenvalue weighted by Gasteiger charge is -2.25. The van der Waals surface area contributed by atoms with Gasteiger partial charge in [-0.1, -0.05) is 29.3 Å². The van der Waals surface area contributed by atoms with Gasteiger partial charge in [0.25, 0.3) is 0 Å². The van der Waals surface area contributed by atoms with Gasteiger partial charge in [0.1, 0.15) is 6.10 Å². The molecule has 0 saturated carbocycles. The predicted molar refractivity (Wildman–Crippen MR) is 84.7 cm³/mol. The fourth-order valence-corrected chi connectivity index (χ4v) is 3.16. The van der Waals surface area contributed by atoms with Crippen LogP contribution in [0, 0.1) is 0 Å². The highest BCUT2D eigenvalue weighted by atomic mass is 35.5. The van der Waals surface area contributed by atoms with E-state index in [1.54, 1.807) is 18.5 Å². The van der Waals surface area contributed by atoms with Crippen LogP contribution in [0.25, 0.3) is 0 Å². The van der Waals surface area contributed by atoms with Gasteiger partial charge in [0, 0.05) is 18.0 Å². The number of rotatable bonds is 2. The van der Waals surface area contributed by atoms with Crippen LogP contribution in [0.3, 0.4) is 0 Å². The number of aromatic nitrogens is 1. The van der Waals surface area contributed by atoms with Crippen LogP contribution in [-0.2, 0) is 17.2 Å². The second kappa shape index (κ2) is 5.95. The van der Waals surface area contributed by atoms with E-state index in [2.05, 4.69) is 4.98 Å². The number of pyridine rings is 1. The third kappa shape index (κ3) is 3.07. The molecule has 0 spiro atoms. The summed E-state index contributed by atoms with van der Waals surface area (Å²) in [6.07, 6.45) is 4.82. The molecule has 110 valence electrons. The van der Waals surface area contributed by atoms with Gasteiger partial charge in [-0.3, -0.25) is 4.21 Å². The molecule has 21 heavy (non-hydrogen) atoms. The smallest absolute Gasteiger partial charge is 0.217 e. The first kappa shape index (κ1) is 14.8. The molecule has 0 amide bonds. The molecular formula is C15H13Cl2NO2S. The first-order chi connectivity index (χ1) is 10.0. The molecule has 0 saturated heterocycles. The topological polar surface area (TPSA) is 39.2 Å². The molecule has 2 aromatic rings. The highest BCUT2D eigenvalue weighted by Gasteiger charge is 2.23. The molecule has 1 aliphatic rings. The number of hydrogen-bond acceptors (Lipinski definition) is 3. The largest absolute Gasteiger partial charge is 0.469 e. The summed E-state index contributed by atoms with van der Waals surface area (Å²) < 4.78 is 17.4. The standard InChI is InChI=1S/C15H13Cl2NO2S/c1-21(19)11-6-10-3-5-14(20-15(10)18-8-11)9-2-4-12(16)13(17)7-9/h2,4,6-8,14H,3,5H2,1H3/t14-,21+/m0/s1. The second-order valence-electron chi connectivity index (χ2n) is 4.91. The van der Waals surface area contributed by atoms with Crippen molar-refractivity contribution in [2.75, 3.05) is 6.26 Å². The van der Waals surface area contributed by atoms with Gasteiger partial charge < -0.3 is 4.74 Å². The number of fused-ring (bicyclic) bond motifs is 1. The minimum atomic E-state index is -1.03. The molecule has 6 heteroatoms. The third-order valence-corrected chi connectivity index (χ3v) is 5.10. The molecule has 0 N–H and O–H groups in total. The number of aryl methyl sites for hydroxylation is 1. The summed E-state index contributed by atoms with van der Waals surface area (Å²) in [5.41, 5.74) is 1.99. The van der Waals surface area contributed by atoms with E-state index < -0.39 is 10.8 Å². The molecule has 0 fully saturated rings. The van der Waals surface area contributed by atoms with Gasteiger partial charge in [-0.25, -0.2) is 4.98 Å². The lowest BCUT2D eigenvalue weighted by molar-refractivity contribution is 0.167. The van der Waals surface area contributed by atoms with Crippen molar-refractivity contribution >= 4 is 34.0 Å². The summed E-state index contributed by atoms with van der Waals surface area (Å²) in [5, 5.41) is 1.05. The Kier molecular flexibility index (Phi) is 4.20. The lowest BCUT2D eigenvalue weighted by Crippen LogP contribution is -2.16. The Morgan fingerprint density at radius 3 is 2.81 bits per heavy atom. The SMILES string of the molecule is C[S@@](=O)c1cnc2c(c1)CC[C@@H](c1ccc(Cl)c(Cl)c1)O2. The van der Waals surface area contributed by atoms with Crippen molar-refractivity contribution in [3.63, 3.8) is 0 Å². The zero-order valence-corrected chi connectivity index (χ0v) is 13.6. The van der Waals surface area contributed by atoms with Gasteiger partial charge in [-0.05, 0) is 36.6 Å². The molecular weight excluding hydrogens is 329 g/mol. The van der Waals surface area contributed by atoms with Crippen LogP contribution in [0.15, 0.2) is 35.4 Å². The molecule has 1 aromatic heterocycles. The summed E-state index contributed by atoms with van der Waals surface area (Å²) in [7, 11) is -1.03. The molecule has 0 unspecified atom stereocenters. The van der Waals surface area contributed by atoms with Gasteiger partial charge in [0.15, 0.2) is 0 Å². The van der Waals surface area contributed by atoms with Crippen molar-refractivity contribution in [1.82, 2.24) is 4.98 Å². The molecule has 2 heterocycles. The maximum atomic E-state index is 11.5. The first-order valence-corrected chi connectivity index (χ1v) is 8.80. The monoisotopic (exact) mass is 341 g/mol. The number of halogens is 2. The van der Waals surface area contributed by atoms with E-state index in [-0.39, 0.29) is 6.10 Å². The van der Waals surface area contributed by atoms with Gasteiger partial charge in [0.05, 0.1) is 25.7 Å². The average molecular weight is 342 g/mol. The summed E-state index contributed by atoms with van der Waals surface area (Å²) >= 11 is 12.0. The van der Waals surface area contributed by atoms with Crippen LogP contribution >= 0.6 is 23.2 Å². The van der Waals surface area contributed by atoms with Crippen molar-refractivity contribution in [2.24, 2.45) is 0 Å². The first-order valence-electron chi connectivity index (χ1n) is 6.48. The average Bonchev–Trinajstić information content (AvgIpc) is 2.49. The molecule has 2 atom stereocenters. The summed E-state index contributed by atoms with van der Waals surface area (Å²) in [6.45, 7) is 0. The number of ether oxygens (including phenoxy) is 1. The number of benzene rings is 1. The van der Waals surface area contributed by atoms with E-state index in [0.29, 0.717) is 15.9 Å². The van der Waals surface area contributed by atoms with Crippen molar-refractivity contribution in [3.8, 4) is 5.88 Å². The third-order valence-electron chi connectivity index (χ3n) is 3.48. The highest BCUT2D eigenvalue weighted by molar-refractivity contribution is 7.84. The Labute approximate surface area is 135 Å². The van der Waals surface area contributed by atoms with Crippen LogP contribution < -0.4 is 4.74 Å². The Morgan fingerprint density at radius 1 is 1.29 bits per heavy atom. The molecule has 3 nitrogen and oxygen atoms in total. The van der Waals surface area contributed by atoms with E-state index >= 15 is 0 Å². The maximum Gasteiger partial charge on any atom is 0.217 e. The van der Waals surface area contributed by atoms with Crippen LogP contribution in [-0.4, -0.2) is 15.4 Å². The van der Waals surface area contributed by atoms with Crippen molar-refractivity contribution in [1.29, 1.82) is 0 Å². The van der Waals surface area contributed by atoms with Crippen LogP contribution in [0.1, 0.15) is 23.7 Å². The summed E-state index contributed by atoms with van der Waals surface area (Å²) in [5.74, 6) is 0.603. The highest BCUT2D eigenvalue weighted by Crippen LogP contribution is 2.35. The molecule has 0 radical (unpaired) electrons. The minimum Gasteiger partial charge on any atom is -0.469 e. The lowest BCUT2D eigenvalue weighted by atomic mass is 9.99. The van der Waals surface area contributed by atoms with Gasteiger partial charge >= 0.3 is 0 Å². The number of nitrogens with zero attached hydrogens (tertiary/aromatic N) is 1. The Morgan fingerprint density at radius 2 is 2.10 bits per heavy atom. The van der Waals surface area contributed by atoms with E-state index in [1.165, 1.54) is 0 Å². The fraction of sp³-hybridized carbons (Fsp3) is 0.267. The summed E-state index contributed by atoms with van der Waals surface area (Å²) in [6, 6.07) is 7.42. The quantitative estimate of drug-likeness (QED) is 0.821. The van der Waals surface area contributed by atoms with E-state index in [1.807, 2.05) is 18.2 Å². The van der Waals surface area contributed by atoms with Crippen molar-refractivity contribution in [2.45, 2.75) is 23.8 Å². The van der Waals surface area contributed by atoms with E-state index in [0.717, 1.165) is 28.9 Å². The molecule has 0 bridgehead atoms. The fourth-order valence-electron chi connectivity index (χ4n) is 2.35. The zero-order chi connectivity index (χ0) is 15.0. The Hall–Kier alpha value is -1.10.